The highest BCUT2D eigenvalue weighted by molar-refractivity contribution is 5.89. The molecule has 1 aromatic heterocycles. The molecule has 0 radical (unpaired) electrons. The number of pyridine rings is 1. The Bertz CT molecular complexity index is 679. The van der Waals surface area contributed by atoms with Gasteiger partial charge in [0.25, 0.3) is 0 Å². The lowest BCUT2D eigenvalue weighted by atomic mass is 10.1. The van der Waals surface area contributed by atoms with Crippen molar-refractivity contribution in [2.24, 2.45) is 0 Å². The first-order valence-electron chi connectivity index (χ1n) is 8.35. The molecule has 0 bridgehead atoms. The molecule has 0 saturated carbocycles. The van der Waals surface area contributed by atoms with Crippen LogP contribution < -0.4 is 10.2 Å². The van der Waals surface area contributed by atoms with E-state index in [4.69, 9.17) is 4.74 Å². The maximum absolute atomic E-state index is 12.1. The van der Waals surface area contributed by atoms with Crippen LogP contribution in [0.5, 0.6) is 0 Å². The van der Waals surface area contributed by atoms with Crippen LogP contribution in [-0.2, 0) is 16.0 Å². The molecule has 3 rings (SSSR count). The normalized spacial score (nSPS) is 14.5. The van der Waals surface area contributed by atoms with Crippen LogP contribution in [0.3, 0.4) is 0 Å². The first kappa shape index (κ1) is 16.5. The second kappa shape index (κ2) is 7.93. The van der Waals surface area contributed by atoms with E-state index in [0.29, 0.717) is 12.2 Å². The molecule has 1 aliphatic heterocycles. The summed E-state index contributed by atoms with van der Waals surface area (Å²) in [6.45, 7) is 5.31. The van der Waals surface area contributed by atoms with Crippen molar-refractivity contribution >= 4 is 17.4 Å². The summed E-state index contributed by atoms with van der Waals surface area (Å²) < 4.78 is 5.35. The van der Waals surface area contributed by atoms with Gasteiger partial charge in [0.05, 0.1) is 25.1 Å². The number of amides is 1. The molecule has 0 atom stereocenters. The Hall–Kier alpha value is -2.40. The Morgan fingerprint density at radius 2 is 2.08 bits per heavy atom. The van der Waals surface area contributed by atoms with Gasteiger partial charge in [0.2, 0.25) is 5.91 Å². The summed E-state index contributed by atoms with van der Waals surface area (Å²) in [5.74, 6) is 0.587. The first-order chi connectivity index (χ1) is 11.7. The van der Waals surface area contributed by atoms with Gasteiger partial charge in [0.15, 0.2) is 0 Å². The highest BCUT2D eigenvalue weighted by Crippen LogP contribution is 2.16. The number of carbonyl (C=O) groups excluding carboxylic acids is 1. The van der Waals surface area contributed by atoms with Gasteiger partial charge in [-0.15, -0.1) is 0 Å². The van der Waals surface area contributed by atoms with Gasteiger partial charge in [-0.05, 0) is 31.0 Å². The van der Waals surface area contributed by atoms with Crippen LogP contribution in [0.15, 0.2) is 42.6 Å². The second-order valence-electron chi connectivity index (χ2n) is 6.04. The lowest BCUT2D eigenvalue weighted by Crippen LogP contribution is -2.36. The molecule has 0 unspecified atom stereocenters. The van der Waals surface area contributed by atoms with Gasteiger partial charge < -0.3 is 15.0 Å². The van der Waals surface area contributed by atoms with E-state index in [0.717, 1.165) is 38.4 Å². The van der Waals surface area contributed by atoms with E-state index in [1.54, 1.807) is 0 Å². The van der Waals surface area contributed by atoms with E-state index in [-0.39, 0.29) is 5.91 Å². The summed E-state index contributed by atoms with van der Waals surface area (Å²) in [6, 6.07) is 12.1. The Morgan fingerprint density at radius 3 is 2.79 bits per heavy atom. The Balaban J connectivity index is 1.50. The molecule has 24 heavy (non-hydrogen) atoms. The zero-order chi connectivity index (χ0) is 16.8. The van der Waals surface area contributed by atoms with Crippen molar-refractivity contribution in [2.45, 2.75) is 19.8 Å². The summed E-state index contributed by atoms with van der Waals surface area (Å²) in [4.78, 5) is 18.7. The number of aromatic nitrogens is 1. The second-order valence-corrected chi connectivity index (χ2v) is 6.04. The average Bonchev–Trinajstić information content (AvgIpc) is 2.61. The van der Waals surface area contributed by atoms with Gasteiger partial charge in [-0.2, -0.15) is 0 Å². The minimum Gasteiger partial charge on any atom is -0.378 e. The first-order valence-corrected chi connectivity index (χ1v) is 8.35. The summed E-state index contributed by atoms with van der Waals surface area (Å²) in [7, 11) is 0. The number of aryl methyl sites for hydroxylation is 2. The third kappa shape index (κ3) is 4.55. The Labute approximate surface area is 142 Å². The van der Waals surface area contributed by atoms with Gasteiger partial charge in [-0.1, -0.05) is 29.8 Å². The van der Waals surface area contributed by atoms with E-state index < -0.39 is 0 Å². The number of hydrogen-bond acceptors (Lipinski definition) is 4. The average molecular weight is 325 g/mol. The molecule has 0 spiro atoms. The van der Waals surface area contributed by atoms with Gasteiger partial charge >= 0.3 is 0 Å². The number of morpholine rings is 1. The number of anilines is 2. The highest BCUT2D eigenvalue weighted by atomic mass is 16.5. The van der Waals surface area contributed by atoms with Crippen LogP contribution in [0.4, 0.5) is 11.5 Å². The third-order valence-corrected chi connectivity index (χ3v) is 4.11. The summed E-state index contributed by atoms with van der Waals surface area (Å²) in [5.41, 5.74) is 3.46. The molecule has 126 valence electrons. The fourth-order valence-corrected chi connectivity index (χ4v) is 2.80. The smallest absolute Gasteiger partial charge is 0.225 e. The van der Waals surface area contributed by atoms with E-state index in [9.17, 15) is 4.79 Å². The molecule has 1 aromatic carbocycles. The maximum Gasteiger partial charge on any atom is 0.225 e. The van der Waals surface area contributed by atoms with Gasteiger partial charge in [0.1, 0.15) is 5.82 Å². The zero-order valence-electron chi connectivity index (χ0n) is 14.0. The van der Waals surface area contributed by atoms with E-state index >= 15 is 0 Å². The molecule has 5 heteroatoms. The third-order valence-electron chi connectivity index (χ3n) is 4.11. The molecule has 1 fully saturated rings. The van der Waals surface area contributed by atoms with Crippen molar-refractivity contribution in [1.82, 2.24) is 4.98 Å². The lowest BCUT2D eigenvalue weighted by Gasteiger charge is -2.28. The molecular weight excluding hydrogens is 302 g/mol. The monoisotopic (exact) mass is 325 g/mol. The van der Waals surface area contributed by atoms with Crippen LogP contribution >= 0.6 is 0 Å². The summed E-state index contributed by atoms with van der Waals surface area (Å²) in [6.07, 6.45) is 3.00. The number of rotatable bonds is 5. The quantitative estimate of drug-likeness (QED) is 0.918. The molecule has 0 aliphatic carbocycles. The summed E-state index contributed by atoms with van der Waals surface area (Å²) in [5, 5.41) is 2.86. The molecule has 1 amide bonds. The fraction of sp³-hybridized carbons (Fsp3) is 0.368. The van der Waals surface area contributed by atoms with Crippen molar-refractivity contribution in [3.05, 3.63) is 53.7 Å². The van der Waals surface area contributed by atoms with E-state index in [1.807, 2.05) is 24.4 Å². The van der Waals surface area contributed by atoms with E-state index in [1.165, 1.54) is 11.1 Å². The van der Waals surface area contributed by atoms with Gasteiger partial charge in [-0.3, -0.25) is 4.79 Å². The largest absolute Gasteiger partial charge is 0.378 e. The van der Waals surface area contributed by atoms with Crippen molar-refractivity contribution in [3.63, 3.8) is 0 Å². The SMILES string of the molecule is Cc1cccc(CCC(=O)Nc2ccc(N3CCOCC3)cn2)c1. The molecular formula is C19H23N3O2. The fourth-order valence-electron chi connectivity index (χ4n) is 2.80. The highest BCUT2D eigenvalue weighted by Gasteiger charge is 2.11. The molecule has 5 nitrogen and oxygen atoms in total. The van der Waals surface area contributed by atoms with Crippen LogP contribution in [0, 0.1) is 6.92 Å². The molecule has 2 aromatic rings. The van der Waals surface area contributed by atoms with E-state index in [2.05, 4.69) is 40.3 Å². The van der Waals surface area contributed by atoms with Crippen molar-refractivity contribution in [3.8, 4) is 0 Å². The molecule has 1 aliphatic rings. The standard InChI is InChI=1S/C19H23N3O2/c1-15-3-2-4-16(13-15)5-8-19(23)21-18-7-6-17(14-20-18)22-9-11-24-12-10-22/h2-4,6-7,13-14H,5,8-12H2,1H3,(H,20,21,23). The molecule has 1 N–H and O–H groups in total. The zero-order valence-corrected chi connectivity index (χ0v) is 14.0. The maximum atomic E-state index is 12.1. The summed E-state index contributed by atoms with van der Waals surface area (Å²) >= 11 is 0. The van der Waals surface area contributed by atoms with Crippen LogP contribution in [0.1, 0.15) is 17.5 Å². The van der Waals surface area contributed by atoms with Gasteiger partial charge in [0, 0.05) is 19.5 Å². The van der Waals surface area contributed by atoms with Crippen LogP contribution in [-0.4, -0.2) is 37.2 Å². The molecule has 1 saturated heterocycles. The number of nitrogens with one attached hydrogen (secondary N) is 1. The van der Waals surface area contributed by atoms with Crippen molar-refractivity contribution in [1.29, 1.82) is 0 Å². The minimum absolute atomic E-state index is 0.0110. The van der Waals surface area contributed by atoms with Crippen LogP contribution in [0.2, 0.25) is 0 Å². The molecule has 2 heterocycles. The topological polar surface area (TPSA) is 54.5 Å². The Morgan fingerprint density at radius 1 is 1.25 bits per heavy atom. The van der Waals surface area contributed by atoms with Gasteiger partial charge in [-0.25, -0.2) is 4.98 Å². The number of nitrogens with zero attached hydrogens (tertiary/aromatic N) is 2. The van der Waals surface area contributed by atoms with Crippen LogP contribution in [0.25, 0.3) is 0 Å². The van der Waals surface area contributed by atoms with Crippen molar-refractivity contribution < 1.29 is 9.53 Å². The minimum atomic E-state index is -0.0110. The number of carbonyl (C=O) groups is 1. The number of ether oxygens (including phenoxy) is 1. The number of hydrogen-bond donors (Lipinski definition) is 1. The van der Waals surface area contributed by atoms with Crippen molar-refractivity contribution in [2.75, 3.05) is 36.5 Å². The lowest BCUT2D eigenvalue weighted by molar-refractivity contribution is -0.116. The predicted octanol–water partition coefficient (Wildman–Crippen LogP) is 2.80. The Kier molecular flexibility index (Phi) is 5.43. The number of benzene rings is 1. The predicted molar refractivity (Wildman–Crippen MR) is 95.4 cm³/mol.